The van der Waals surface area contributed by atoms with Gasteiger partial charge in [-0.25, -0.2) is 9.59 Å². The first kappa shape index (κ1) is 16.0. The maximum atomic E-state index is 12.0. The predicted molar refractivity (Wildman–Crippen MR) is 75.8 cm³/mol. The van der Waals surface area contributed by atoms with Gasteiger partial charge in [-0.15, -0.1) is 0 Å². The highest BCUT2D eigenvalue weighted by molar-refractivity contribution is 5.96. The lowest BCUT2D eigenvalue weighted by molar-refractivity contribution is -0.141. The lowest BCUT2D eigenvalue weighted by Gasteiger charge is -2.10. The molecule has 0 radical (unpaired) electrons. The number of benzene rings is 1. The molecule has 0 saturated carbocycles. The van der Waals surface area contributed by atoms with Gasteiger partial charge < -0.3 is 9.47 Å². The zero-order chi connectivity index (χ0) is 15.0. The molecule has 108 valence electrons. The number of methoxy groups -OCH3 is 1. The third-order valence-electron chi connectivity index (χ3n) is 2.60. The van der Waals surface area contributed by atoms with Crippen molar-refractivity contribution in [2.24, 2.45) is 5.92 Å². The predicted octanol–water partition coefficient (Wildman–Crippen LogP) is 2.88. The highest BCUT2D eigenvalue weighted by Gasteiger charge is 2.15. The van der Waals surface area contributed by atoms with Crippen LogP contribution in [0.25, 0.3) is 0 Å². The maximum absolute atomic E-state index is 12.0. The Bertz CT molecular complexity index is 475. The number of carbonyl (C=O) groups excluding carboxylic acids is 2. The number of ether oxygens (including phenoxy) is 2. The average molecular weight is 276 g/mol. The van der Waals surface area contributed by atoms with Crippen molar-refractivity contribution >= 4 is 11.9 Å². The molecule has 4 heteroatoms. The van der Waals surface area contributed by atoms with Crippen molar-refractivity contribution in [3.63, 3.8) is 0 Å². The smallest absolute Gasteiger partial charge is 0.334 e. The van der Waals surface area contributed by atoms with Crippen LogP contribution in [0.5, 0.6) is 0 Å². The molecule has 1 aromatic carbocycles. The van der Waals surface area contributed by atoms with Crippen LogP contribution in [-0.4, -0.2) is 19.0 Å². The van der Waals surface area contributed by atoms with Crippen LogP contribution in [0.3, 0.4) is 0 Å². The molecule has 0 heterocycles. The van der Waals surface area contributed by atoms with Crippen molar-refractivity contribution in [1.82, 2.24) is 0 Å². The van der Waals surface area contributed by atoms with Gasteiger partial charge >= 0.3 is 11.9 Å². The first-order valence-electron chi connectivity index (χ1n) is 6.52. The van der Waals surface area contributed by atoms with E-state index in [9.17, 15) is 9.59 Å². The minimum atomic E-state index is -0.544. The second kappa shape index (κ2) is 8.15. The zero-order valence-electron chi connectivity index (χ0n) is 12.1. The van der Waals surface area contributed by atoms with Crippen molar-refractivity contribution in [3.8, 4) is 0 Å². The van der Waals surface area contributed by atoms with E-state index >= 15 is 0 Å². The molecule has 1 aromatic rings. The molecular formula is C16H20O4. The summed E-state index contributed by atoms with van der Waals surface area (Å²) < 4.78 is 9.77. The molecule has 0 aliphatic heterocycles. The lowest BCUT2D eigenvalue weighted by atomic mass is 10.0. The molecule has 0 unspecified atom stereocenters. The van der Waals surface area contributed by atoms with Gasteiger partial charge in [0.2, 0.25) is 0 Å². The monoisotopic (exact) mass is 276 g/mol. The van der Waals surface area contributed by atoms with Crippen molar-refractivity contribution < 1.29 is 19.1 Å². The van der Waals surface area contributed by atoms with Crippen LogP contribution in [-0.2, 0) is 25.7 Å². The highest BCUT2D eigenvalue weighted by Crippen LogP contribution is 2.14. The molecule has 0 fully saturated rings. The molecule has 0 saturated heterocycles. The van der Waals surface area contributed by atoms with Crippen molar-refractivity contribution in [1.29, 1.82) is 0 Å². The summed E-state index contributed by atoms with van der Waals surface area (Å²) in [5.74, 6) is -0.777. The fourth-order valence-electron chi connectivity index (χ4n) is 1.66. The molecular weight excluding hydrogens is 256 g/mol. The summed E-state index contributed by atoms with van der Waals surface area (Å²) in [5, 5.41) is 0. The summed E-state index contributed by atoms with van der Waals surface area (Å²) in [6, 6.07) is 9.40. The summed E-state index contributed by atoms with van der Waals surface area (Å²) in [6.45, 7) is 4.13. The van der Waals surface area contributed by atoms with Gasteiger partial charge in [-0.2, -0.15) is 0 Å². The summed E-state index contributed by atoms with van der Waals surface area (Å²) in [6.07, 6.45) is 1.68. The Labute approximate surface area is 119 Å². The Morgan fingerprint density at radius 3 is 2.40 bits per heavy atom. The van der Waals surface area contributed by atoms with Gasteiger partial charge in [0.25, 0.3) is 0 Å². The topological polar surface area (TPSA) is 52.6 Å². The Morgan fingerprint density at radius 1 is 1.20 bits per heavy atom. The Kier molecular flexibility index (Phi) is 6.50. The van der Waals surface area contributed by atoms with Gasteiger partial charge in [-0.1, -0.05) is 44.2 Å². The highest BCUT2D eigenvalue weighted by atomic mass is 16.5. The number of esters is 2. The minimum Gasteiger partial charge on any atom is -0.466 e. The van der Waals surface area contributed by atoms with E-state index in [2.05, 4.69) is 4.74 Å². The number of carbonyl (C=O) groups is 2. The molecule has 0 aromatic heterocycles. The second-order valence-electron chi connectivity index (χ2n) is 4.85. The SMILES string of the molecule is COC(=O)C=C(CC(C)C)C(=O)OCc1ccccc1. The molecule has 4 nitrogen and oxygen atoms in total. The Hall–Kier alpha value is -2.10. The average Bonchev–Trinajstić information content (AvgIpc) is 2.44. The molecule has 0 aliphatic carbocycles. The number of hydrogen-bond donors (Lipinski definition) is 0. The third kappa shape index (κ3) is 5.69. The fraction of sp³-hybridized carbons (Fsp3) is 0.375. The molecule has 20 heavy (non-hydrogen) atoms. The van der Waals surface area contributed by atoms with Crippen molar-refractivity contribution in [3.05, 3.63) is 47.5 Å². The molecule has 0 amide bonds. The van der Waals surface area contributed by atoms with Crippen LogP contribution in [0.1, 0.15) is 25.8 Å². The number of rotatable bonds is 6. The summed E-state index contributed by atoms with van der Waals surface area (Å²) >= 11 is 0. The molecule has 0 bridgehead atoms. The quantitative estimate of drug-likeness (QED) is 0.592. The van der Waals surface area contributed by atoms with Gasteiger partial charge in [-0.3, -0.25) is 0 Å². The molecule has 0 spiro atoms. The van der Waals surface area contributed by atoms with E-state index in [-0.39, 0.29) is 12.5 Å². The first-order chi connectivity index (χ1) is 9.52. The van der Waals surface area contributed by atoms with Crippen LogP contribution in [0.15, 0.2) is 42.0 Å². The standard InChI is InChI=1S/C16H20O4/c1-12(2)9-14(10-15(17)19-3)16(18)20-11-13-7-5-4-6-8-13/h4-8,10,12H,9,11H2,1-3H3. The van der Waals surface area contributed by atoms with Crippen molar-refractivity contribution in [2.45, 2.75) is 26.9 Å². The lowest BCUT2D eigenvalue weighted by Crippen LogP contribution is -2.12. The van der Waals surface area contributed by atoms with E-state index in [0.29, 0.717) is 12.0 Å². The molecule has 0 N–H and O–H groups in total. The van der Waals surface area contributed by atoms with Crippen molar-refractivity contribution in [2.75, 3.05) is 7.11 Å². The van der Waals surface area contributed by atoms with Crippen LogP contribution in [0, 0.1) is 5.92 Å². The Morgan fingerprint density at radius 2 is 1.85 bits per heavy atom. The van der Waals surface area contributed by atoms with E-state index in [0.717, 1.165) is 5.56 Å². The zero-order valence-corrected chi connectivity index (χ0v) is 12.1. The summed E-state index contributed by atoms with van der Waals surface area (Å²) in [4.78, 5) is 23.3. The van der Waals surface area contributed by atoms with Gasteiger partial charge in [0.15, 0.2) is 0 Å². The van der Waals surface area contributed by atoms with E-state index in [1.165, 1.54) is 13.2 Å². The van der Waals surface area contributed by atoms with Crippen LogP contribution >= 0.6 is 0 Å². The minimum absolute atomic E-state index is 0.191. The number of hydrogen-bond acceptors (Lipinski definition) is 4. The van der Waals surface area contributed by atoms with E-state index in [4.69, 9.17) is 4.74 Å². The van der Waals surface area contributed by atoms with E-state index in [1.54, 1.807) is 0 Å². The van der Waals surface area contributed by atoms with Crippen LogP contribution in [0.4, 0.5) is 0 Å². The van der Waals surface area contributed by atoms with Gasteiger partial charge in [0.1, 0.15) is 6.61 Å². The van der Waals surface area contributed by atoms with E-state index < -0.39 is 11.9 Å². The summed E-state index contributed by atoms with van der Waals surface area (Å²) in [7, 11) is 1.28. The molecule has 1 rings (SSSR count). The van der Waals surface area contributed by atoms with E-state index in [1.807, 2.05) is 44.2 Å². The first-order valence-corrected chi connectivity index (χ1v) is 6.52. The molecule has 0 aliphatic rings. The van der Waals surface area contributed by atoms with Gasteiger partial charge in [-0.05, 0) is 17.9 Å². The third-order valence-corrected chi connectivity index (χ3v) is 2.60. The normalized spacial score (nSPS) is 11.3. The van der Waals surface area contributed by atoms with Gasteiger partial charge in [0, 0.05) is 11.6 Å². The largest absolute Gasteiger partial charge is 0.466 e. The van der Waals surface area contributed by atoms with Gasteiger partial charge in [0.05, 0.1) is 7.11 Å². The summed E-state index contributed by atoms with van der Waals surface area (Å²) in [5.41, 5.74) is 1.24. The Balaban J connectivity index is 2.68. The maximum Gasteiger partial charge on any atom is 0.334 e. The van der Waals surface area contributed by atoms with Crippen LogP contribution in [0.2, 0.25) is 0 Å². The van der Waals surface area contributed by atoms with Crippen LogP contribution < -0.4 is 0 Å². The second-order valence-corrected chi connectivity index (χ2v) is 4.85. The molecule has 0 atom stereocenters. The fourth-order valence-corrected chi connectivity index (χ4v) is 1.66.